The molecule has 0 aliphatic heterocycles. The molecular formula is C23H18N2O. The molecule has 3 nitrogen and oxygen atoms in total. The standard InChI is InChI=1S/C23H18N2O/c1-18-8-15-23(25-17-24-21-6-4-3-5-7-21)20(16-18)12-9-19-10-13-22(26-2)14-11-19/h3-8,10-11,13-16H,1-2H3. The summed E-state index contributed by atoms with van der Waals surface area (Å²) < 4.78 is 5.17. The summed E-state index contributed by atoms with van der Waals surface area (Å²) in [4.78, 5) is 8.57. The van der Waals surface area contributed by atoms with E-state index in [4.69, 9.17) is 4.74 Å². The van der Waals surface area contributed by atoms with E-state index in [2.05, 4.69) is 27.8 Å². The Morgan fingerprint density at radius 2 is 1.58 bits per heavy atom. The summed E-state index contributed by atoms with van der Waals surface area (Å²) in [7, 11) is 1.65. The largest absolute Gasteiger partial charge is 0.497 e. The van der Waals surface area contributed by atoms with E-state index >= 15 is 0 Å². The third-order valence-electron chi connectivity index (χ3n) is 3.69. The fourth-order valence-electron chi connectivity index (χ4n) is 2.30. The maximum absolute atomic E-state index is 5.17. The van der Waals surface area contributed by atoms with Crippen LogP contribution in [0, 0.1) is 18.8 Å². The molecule has 0 amide bonds. The molecule has 0 unspecified atom stereocenters. The minimum atomic E-state index is 0.747. The van der Waals surface area contributed by atoms with Crippen LogP contribution in [-0.4, -0.2) is 13.1 Å². The van der Waals surface area contributed by atoms with Crippen LogP contribution in [0.2, 0.25) is 0 Å². The highest BCUT2D eigenvalue weighted by Gasteiger charge is 1.99. The number of rotatable bonds is 3. The van der Waals surface area contributed by atoms with Crippen LogP contribution >= 0.6 is 0 Å². The van der Waals surface area contributed by atoms with Gasteiger partial charge in [0.1, 0.15) is 11.8 Å². The highest BCUT2D eigenvalue weighted by atomic mass is 16.5. The van der Waals surface area contributed by atoms with E-state index in [1.165, 1.54) is 0 Å². The monoisotopic (exact) mass is 338 g/mol. The van der Waals surface area contributed by atoms with Gasteiger partial charge in [0.25, 0.3) is 0 Å². The normalized spacial score (nSPS) is 9.46. The summed E-state index contributed by atoms with van der Waals surface area (Å²) in [5, 5.41) is 0. The number of methoxy groups -OCH3 is 1. The average molecular weight is 338 g/mol. The molecule has 0 aliphatic rings. The number of aliphatic imine (C=N–C) groups is 2. The zero-order valence-corrected chi connectivity index (χ0v) is 14.7. The Morgan fingerprint density at radius 3 is 2.31 bits per heavy atom. The number of hydrogen-bond acceptors (Lipinski definition) is 3. The van der Waals surface area contributed by atoms with Gasteiger partial charge in [0.2, 0.25) is 0 Å². The van der Waals surface area contributed by atoms with Gasteiger partial charge in [0, 0.05) is 5.56 Å². The number of aryl methyl sites for hydroxylation is 1. The molecular weight excluding hydrogens is 320 g/mol. The smallest absolute Gasteiger partial charge is 0.118 e. The van der Waals surface area contributed by atoms with Crippen LogP contribution in [0.5, 0.6) is 5.75 Å². The predicted molar refractivity (Wildman–Crippen MR) is 106 cm³/mol. The Morgan fingerprint density at radius 1 is 0.808 bits per heavy atom. The van der Waals surface area contributed by atoms with Gasteiger partial charge >= 0.3 is 0 Å². The van der Waals surface area contributed by atoms with Crippen molar-refractivity contribution in [2.24, 2.45) is 9.98 Å². The first kappa shape index (κ1) is 17.2. The van der Waals surface area contributed by atoms with Crippen molar-refractivity contribution in [2.75, 3.05) is 7.11 Å². The molecule has 3 aromatic carbocycles. The zero-order chi connectivity index (χ0) is 18.2. The summed E-state index contributed by atoms with van der Waals surface area (Å²) in [5.74, 6) is 7.17. The molecule has 3 heteroatoms. The third kappa shape index (κ3) is 4.70. The van der Waals surface area contributed by atoms with E-state index in [-0.39, 0.29) is 0 Å². The quantitative estimate of drug-likeness (QED) is 0.456. The molecule has 3 rings (SSSR count). The van der Waals surface area contributed by atoms with Gasteiger partial charge in [-0.1, -0.05) is 36.1 Å². The van der Waals surface area contributed by atoms with Gasteiger partial charge < -0.3 is 4.74 Å². The molecule has 0 bridgehead atoms. The van der Waals surface area contributed by atoms with E-state index in [1.54, 1.807) is 7.11 Å². The Balaban J connectivity index is 1.89. The van der Waals surface area contributed by atoms with Crippen LogP contribution < -0.4 is 4.74 Å². The van der Waals surface area contributed by atoms with Gasteiger partial charge in [0.05, 0.1) is 24.0 Å². The summed E-state index contributed by atoms with van der Waals surface area (Å²) in [5.41, 5.74) is 4.45. The molecule has 0 radical (unpaired) electrons. The lowest BCUT2D eigenvalue weighted by atomic mass is 10.1. The van der Waals surface area contributed by atoms with E-state index in [0.717, 1.165) is 33.8 Å². The Bertz CT molecular complexity index is 1000. The van der Waals surface area contributed by atoms with Crippen molar-refractivity contribution in [1.82, 2.24) is 0 Å². The van der Waals surface area contributed by atoms with E-state index in [0.29, 0.717) is 0 Å². The molecule has 0 spiro atoms. The van der Waals surface area contributed by atoms with E-state index in [9.17, 15) is 0 Å². The number of benzene rings is 3. The molecule has 0 atom stereocenters. The molecule has 0 saturated heterocycles. The highest BCUT2D eigenvalue weighted by Crippen LogP contribution is 2.20. The molecule has 0 aliphatic carbocycles. The van der Waals surface area contributed by atoms with Gasteiger partial charge in [-0.25, -0.2) is 0 Å². The lowest BCUT2D eigenvalue weighted by molar-refractivity contribution is 0.415. The van der Waals surface area contributed by atoms with Crippen molar-refractivity contribution in [1.29, 1.82) is 0 Å². The van der Waals surface area contributed by atoms with Crippen molar-refractivity contribution in [3.8, 4) is 17.6 Å². The Kier molecular flexibility index (Phi) is 5.62. The lowest BCUT2D eigenvalue weighted by Gasteiger charge is -1.99. The molecule has 0 heterocycles. The summed E-state index contributed by atoms with van der Waals surface area (Å²) in [6.07, 6.45) is 0. The number of nitrogens with zero attached hydrogens (tertiary/aromatic N) is 2. The third-order valence-corrected chi connectivity index (χ3v) is 3.69. The topological polar surface area (TPSA) is 34.0 Å². The van der Waals surface area contributed by atoms with Crippen molar-refractivity contribution in [3.05, 3.63) is 89.5 Å². The molecule has 26 heavy (non-hydrogen) atoms. The van der Waals surface area contributed by atoms with Gasteiger partial charge in [-0.3, -0.25) is 0 Å². The second kappa shape index (κ2) is 8.48. The Labute approximate surface area is 153 Å². The van der Waals surface area contributed by atoms with Gasteiger partial charge in [0.15, 0.2) is 0 Å². The van der Waals surface area contributed by atoms with Crippen LogP contribution in [0.1, 0.15) is 16.7 Å². The fraction of sp³-hybridized carbons (Fsp3) is 0.0870. The first-order chi connectivity index (χ1) is 12.7. The minimum absolute atomic E-state index is 0.747. The predicted octanol–water partition coefficient (Wildman–Crippen LogP) is 5.54. The summed E-state index contributed by atoms with van der Waals surface area (Å²) in [6, 6.07) is 26.0. The van der Waals surface area contributed by atoms with E-state index in [1.807, 2.05) is 79.7 Å². The SMILES string of the molecule is COc1ccc(C#Cc2cc(C)ccc2N=C=Nc2ccccc2)cc1. The highest BCUT2D eigenvalue weighted by molar-refractivity contribution is 5.64. The van der Waals surface area contributed by atoms with Crippen molar-refractivity contribution >= 4 is 17.4 Å². The molecule has 0 N–H and O–H groups in total. The molecule has 0 aromatic heterocycles. The van der Waals surface area contributed by atoms with Crippen LogP contribution in [0.3, 0.4) is 0 Å². The first-order valence-corrected chi connectivity index (χ1v) is 8.23. The van der Waals surface area contributed by atoms with Crippen LogP contribution in [0.15, 0.2) is 82.8 Å². The first-order valence-electron chi connectivity index (χ1n) is 8.23. The lowest BCUT2D eigenvalue weighted by Crippen LogP contribution is -1.83. The van der Waals surface area contributed by atoms with Crippen LogP contribution in [0.4, 0.5) is 11.4 Å². The fourth-order valence-corrected chi connectivity index (χ4v) is 2.30. The van der Waals surface area contributed by atoms with E-state index < -0.39 is 0 Å². The van der Waals surface area contributed by atoms with Crippen LogP contribution in [-0.2, 0) is 0 Å². The zero-order valence-electron chi connectivity index (χ0n) is 14.7. The average Bonchev–Trinajstić information content (AvgIpc) is 2.69. The molecule has 0 fully saturated rings. The Hall–Kier alpha value is -3.60. The number of para-hydroxylation sites is 1. The molecule has 3 aromatic rings. The second-order valence-electron chi connectivity index (χ2n) is 5.66. The van der Waals surface area contributed by atoms with Crippen molar-refractivity contribution < 1.29 is 4.74 Å². The minimum Gasteiger partial charge on any atom is -0.497 e. The number of hydrogen-bond donors (Lipinski definition) is 0. The van der Waals surface area contributed by atoms with Gasteiger partial charge in [-0.15, -0.1) is 0 Å². The van der Waals surface area contributed by atoms with Crippen molar-refractivity contribution in [2.45, 2.75) is 6.92 Å². The number of ether oxygens (including phenoxy) is 1. The second-order valence-corrected chi connectivity index (χ2v) is 5.66. The summed E-state index contributed by atoms with van der Waals surface area (Å²) in [6.45, 7) is 2.03. The summed E-state index contributed by atoms with van der Waals surface area (Å²) >= 11 is 0. The maximum Gasteiger partial charge on any atom is 0.118 e. The van der Waals surface area contributed by atoms with Gasteiger partial charge in [-0.05, 0) is 61.0 Å². The molecule has 126 valence electrons. The van der Waals surface area contributed by atoms with Gasteiger partial charge in [-0.2, -0.15) is 9.98 Å². The van der Waals surface area contributed by atoms with Crippen LogP contribution in [0.25, 0.3) is 0 Å². The molecule has 0 saturated carbocycles. The van der Waals surface area contributed by atoms with Crippen molar-refractivity contribution in [3.63, 3.8) is 0 Å². The maximum atomic E-state index is 5.17.